The van der Waals surface area contributed by atoms with Crippen LogP contribution in [0.1, 0.15) is 39.0 Å². The number of unbranched alkanes of at least 4 members (excludes halogenated alkanes) is 1. The zero-order chi connectivity index (χ0) is 12.3. The lowest BCUT2D eigenvalue weighted by atomic mass is 10.4. The van der Waals surface area contributed by atoms with Crippen LogP contribution in [0.2, 0.25) is 0 Å². The van der Waals surface area contributed by atoms with E-state index in [0.29, 0.717) is 12.5 Å². The molecule has 2 N–H and O–H groups in total. The van der Waals surface area contributed by atoms with Crippen LogP contribution in [0.25, 0.3) is 0 Å². The molecule has 0 aromatic heterocycles. The van der Waals surface area contributed by atoms with Crippen LogP contribution in [-0.4, -0.2) is 25.8 Å². The fourth-order valence-corrected chi connectivity index (χ4v) is 1.32. The molecule has 1 aliphatic rings. The van der Waals surface area contributed by atoms with E-state index in [1.54, 1.807) is 6.20 Å². The van der Waals surface area contributed by atoms with Gasteiger partial charge in [0.05, 0.1) is 0 Å². The number of hydrogen-bond donors (Lipinski definition) is 2. The van der Waals surface area contributed by atoms with Gasteiger partial charge in [-0.2, -0.15) is 0 Å². The van der Waals surface area contributed by atoms with Gasteiger partial charge in [-0.25, -0.2) is 4.79 Å². The molecule has 0 heterocycles. The van der Waals surface area contributed by atoms with Crippen LogP contribution < -0.4 is 10.6 Å². The number of rotatable bonds is 9. The van der Waals surface area contributed by atoms with E-state index in [1.165, 1.54) is 12.8 Å². The summed E-state index contributed by atoms with van der Waals surface area (Å²) in [6.07, 6.45) is 9.44. The molecule has 1 aliphatic carbocycles. The van der Waals surface area contributed by atoms with Gasteiger partial charge < -0.3 is 15.4 Å². The lowest BCUT2D eigenvalue weighted by Gasteiger charge is -2.05. The Morgan fingerprint density at radius 3 is 2.82 bits per heavy atom. The normalized spacial score (nSPS) is 15.1. The van der Waals surface area contributed by atoms with E-state index in [9.17, 15) is 4.79 Å². The zero-order valence-corrected chi connectivity index (χ0v) is 10.7. The van der Waals surface area contributed by atoms with Crippen molar-refractivity contribution in [1.29, 1.82) is 0 Å². The maximum atomic E-state index is 11.3. The lowest BCUT2D eigenvalue weighted by Crippen LogP contribution is -2.33. The third-order valence-electron chi connectivity index (χ3n) is 2.60. The molecule has 0 aromatic rings. The molecule has 4 heteroatoms. The van der Waals surface area contributed by atoms with Gasteiger partial charge in [-0.05, 0) is 31.6 Å². The molecule has 1 rings (SSSR count). The highest BCUT2D eigenvalue weighted by Crippen LogP contribution is 2.29. The van der Waals surface area contributed by atoms with Crippen LogP contribution in [0.4, 0.5) is 4.79 Å². The Kier molecular flexibility index (Phi) is 7.47. The molecule has 0 unspecified atom stereocenters. The number of hydrogen-bond acceptors (Lipinski definition) is 2. The third-order valence-corrected chi connectivity index (χ3v) is 2.60. The Morgan fingerprint density at radius 2 is 2.12 bits per heavy atom. The molecule has 0 radical (unpaired) electrons. The molecule has 4 nitrogen and oxygen atoms in total. The van der Waals surface area contributed by atoms with Gasteiger partial charge in [0.15, 0.2) is 0 Å². The van der Waals surface area contributed by atoms with Crippen LogP contribution in [0.5, 0.6) is 0 Å². The lowest BCUT2D eigenvalue weighted by molar-refractivity contribution is 0.129. The van der Waals surface area contributed by atoms with Crippen molar-refractivity contribution in [3.8, 4) is 0 Å². The molecule has 0 aromatic carbocycles. The predicted octanol–water partition coefficient (Wildman–Crippen LogP) is 2.42. The molecular weight excluding hydrogens is 216 g/mol. The molecule has 0 spiro atoms. The zero-order valence-electron chi connectivity index (χ0n) is 10.7. The Morgan fingerprint density at radius 1 is 1.35 bits per heavy atom. The summed E-state index contributed by atoms with van der Waals surface area (Å²) >= 11 is 0. The Balaban J connectivity index is 1.82. The average Bonchev–Trinajstić information content (AvgIpc) is 3.12. The Labute approximate surface area is 104 Å². The van der Waals surface area contributed by atoms with Crippen LogP contribution in [0, 0.1) is 5.92 Å². The van der Waals surface area contributed by atoms with E-state index in [-0.39, 0.29) is 6.03 Å². The van der Waals surface area contributed by atoms with Gasteiger partial charge in [0, 0.05) is 26.0 Å². The second kappa shape index (κ2) is 9.05. The minimum absolute atomic E-state index is 0.129. The van der Waals surface area contributed by atoms with E-state index in [4.69, 9.17) is 4.74 Å². The summed E-state index contributed by atoms with van der Waals surface area (Å²) in [5, 5.41) is 5.48. The summed E-state index contributed by atoms with van der Waals surface area (Å²) in [6.45, 7) is 4.35. The Hall–Kier alpha value is -1.03. The molecule has 2 amide bonds. The molecule has 0 saturated heterocycles. The number of urea groups is 1. The number of ether oxygens (including phenoxy) is 1. The highest BCUT2D eigenvalue weighted by Gasteiger charge is 2.16. The van der Waals surface area contributed by atoms with Gasteiger partial charge in [0.25, 0.3) is 0 Å². The first-order chi connectivity index (χ1) is 8.33. The van der Waals surface area contributed by atoms with Gasteiger partial charge in [-0.1, -0.05) is 19.4 Å². The summed E-state index contributed by atoms with van der Waals surface area (Å²) in [7, 11) is 0. The van der Waals surface area contributed by atoms with Gasteiger partial charge >= 0.3 is 6.03 Å². The fourth-order valence-electron chi connectivity index (χ4n) is 1.32. The second-order valence-electron chi connectivity index (χ2n) is 4.42. The average molecular weight is 240 g/mol. The first-order valence-electron chi connectivity index (χ1n) is 6.61. The van der Waals surface area contributed by atoms with Gasteiger partial charge in [-0.15, -0.1) is 0 Å². The van der Waals surface area contributed by atoms with Crippen molar-refractivity contribution in [3.05, 3.63) is 12.3 Å². The van der Waals surface area contributed by atoms with Gasteiger partial charge in [-0.3, -0.25) is 0 Å². The van der Waals surface area contributed by atoms with Crippen molar-refractivity contribution < 1.29 is 9.53 Å². The van der Waals surface area contributed by atoms with E-state index in [0.717, 1.165) is 32.5 Å². The van der Waals surface area contributed by atoms with E-state index >= 15 is 0 Å². The first-order valence-corrected chi connectivity index (χ1v) is 6.61. The summed E-state index contributed by atoms with van der Waals surface area (Å²) < 4.78 is 5.39. The van der Waals surface area contributed by atoms with Crippen molar-refractivity contribution >= 4 is 6.03 Å². The summed E-state index contributed by atoms with van der Waals surface area (Å²) in [5.74, 6) is 0.697. The molecule has 98 valence electrons. The minimum atomic E-state index is -0.129. The number of amides is 2. The standard InChI is InChI=1S/C13H24N2O2/c1-2-3-10-17-11-4-8-14-13(16)15-9-7-12-5-6-12/h7,9,12H,2-6,8,10-11H2,1H3,(H2,14,15,16)/b9-7+. The molecular formula is C13H24N2O2. The summed E-state index contributed by atoms with van der Waals surface area (Å²) in [6, 6.07) is -0.129. The van der Waals surface area contributed by atoms with E-state index in [2.05, 4.69) is 17.6 Å². The van der Waals surface area contributed by atoms with Gasteiger partial charge in [0.2, 0.25) is 0 Å². The first kappa shape index (κ1) is 14.0. The fraction of sp³-hybridized carbons (Fsp3) is 0.769. The topological polar surface area (TPSA) is 50.4 Å². The highest BCUT2D eigenvalue weighted by atomic mass is 16.5. The largest absolute Gasteiger partial charge is 0.381 e. The molecule has 0 atom stereocenters. The maximum Gasteiger partial charge on any atom is 0.318 e. The number of carbonyl (C=O) groups excluding carboxylic acids is 1. The molecule has 0 aliphatic heterocycles. The number of allylic oxidation sites excluding steroid dienone is 1. The predicted molar refractivity (Wildman–Crippen MR) is 68.7 cm³/mol. The quantitative estimate of drug-likeness (QED) is 0.608. The monoisotopic (exact) mass is 240 g/mol. The molecule has 1 saturated carbocycles. The maximum absolute atomic E-state index is 11.3. The summed E-state index contributed by atoms with van der Waals surface area (Å²) in [4.78, 5) is 11.3. The van der Waals surface area contributed by atoms with Crippen LogP contribution in [-0.2, 0) is 4.74 Å². The highest BCUT2D eigenvalue weighted by molar-refractivity contribution is 5.74. The third kappa shape index (κ3) is 8.74. The van der Waals surface area contributed by atoms with E-state index in [1.807, 2.05) is 6.08 Å². The molecule has 17 heavy (non-hydrogen) atoms. The van der Waals surface area contributed by atoms with Crippen LogP contribution >= 0.6 is 0 Å². The van der Waals surface area contributed by atoms with Crippen LogP contribution in [0.15, 0.2) is 12.3 Å². The van der Waals surface area contributed by atoms with Crippen molar-refractivity contribution in [2.75, 3.05) is 19.8 Å². The van der Waals surface area contributed by atoms with Crippen molar-refractivity contribution in [2.24, 2.45) is 5.92 Å². The van der Waals surface area contributed by atoms with Crippen LogP contribution in [0.3, 0.4) is 0 Å². The van der Waals surface area contributed by atoms with Crippen molar-refractivity contribution in [2.45, 2.75) is 39.0 Å². The molecule has 1 fully saturated rings. The smallest absolute Gasteiger partial charge is 0.318 e. The van der Waals surface area contributed by atoms with Gasteiger partial charge in [0.1, 0.15) is 0 Å². The second-order valence-corrected chi connectivity index (χ2v) is 4.42. The minimum Gasteiger partial charge on any atom is -0.381 e. The van der Waals surface area contributed by atoms with Crippen molar-refractivity contribution in [3.63, 3.8) is 0 Å². The number of carbonyl (C=O) groups is 1. The molecule has 0 bridgehead atoms. The van der Waals surface area contributed by atoms with E-state index < -0.39 is 0 Å². The Bertz CT molecular complexity index is 238. The number of nitrogens with one attached hydrogen (secondary N) is 2. The summed E-state index contributed by atoms with van der Waals surface area (Å²) in [5.41, 5.74) is 0. The SMILES string of the molecule is CCCCOCCCNC(=O)N/C=C/C1CC1. The van der Waals surface area contributed by atoms with Crippen molar-refractivity contribution in [1.82, 2.24) is 10.6 Å².